The Morgan fingerprint density at radius 2 is 1.67 bits per heavy atom. The first-order valence-electron chi connectivity index (χ1n) is 6.29. The lowest BCUT2D eigenvalue weighted by Gasteiger charge is -2.25. The standard InChI is InChI=1S/C13H26N2O3/c1-7-8-15(9-11(16)14(5)6)12(17)10-18-13(2,3)4/h7-10H2,1-6H3. The number of nitrogens with zero attached hydrogens (tertiary/aromatic N) is 2. The molecule has 0 saturated heterocycles. The quantitative estimate of drug-likeness (QED) is 0.717. The molecule has 0 aromatic rings. The lowest BCUT2D eigenvalue weighted by Crippen LogP contribution is -2.43. The van der Waals surface area contributed by atoms with Crippen molar-refractivity contribution < 1.29 is 14.3 Å². The molecule has 0 rings (SSSR count). The number of carbonyl (C=O) groups is 2. The summed E-state index contributed by atoms with van der Waals surface area (Å²) in [5.41, 5.74) is -0.348. The first-order chi connectivity index (χ1) is 8.17. The molecule has 0 aromatic heterocycles. The van der Waals surface area contributed by atoms with Crippen LogP contribution >= 0.6 is 0 Å². The lowest BCUT2D eigenvalue weighted by atomic mass is 10.2. The molecular weight excluding hydrogens is 232 g/mol. The minimum absolute atomic E-state index is 0.0181. The van der Waals surface area contributed by atoms with Crippen molar-refractivity contribution in [2.45, 2.75) is 39.7 Å². The number of carbonyl (C=O) groups excluding carboxylic acids is 2. The van der Waals surface area contributed by atoms with Crippen molar-refractivity contribution in [2.75, 3.05) is 33.8 Å². The molecule has 0 aliphatic carbocycles. The first kappa shape index (κ1) is 16.9. The van der Waals surface area contributed by atoms with Crippen molar-refractivity contribution in [1.29, 1.82) is 0 Å². The van der Waals surface area contributed by atoms with E-state index >= 15 is 0 Å². The molecule has 5 nitrogen and oxygen atoms in total. The summed E-state index contributed by atoms with van der Waals surface area (Å²) in [4.78, 5) is 26.6. The molecule has 5 heteroatoms. The fraction of sp³-hybridized carbons (Fsp3) is 0.846. The van der Waals surface area contributed by atoms with Crippen molar-refractivity contribution in [3.63, 3.8) is 0 Å². The molecule has 106 valence electrons. The Labute approximate surface area is 110 Å². The molecule has 0 bridgehead atoms. The number of hydrogen-bond acceptors (Lipinski definition) is 3. The number of likely N-dealkylation sites (N-methyl/N-ethyl adjacent to an activating group) is 1. The highest BCUT2D eigenvalue weighted by molar-refractivity contribution is 5.85. The predicted molar refractivity (Wildman–Crippen MR) is 71.3 cm³/mol. The third kappa shape index (κ3) is 7.27. The van der Waals surface area contributed by atoms with Crippen molar-refractivity contribution in [1.82, 2.24) is 9.80 Å². The first-order valence-corrected chi connectivity index (χ1v) is 6.29. The Morgan fingerprint density at radius 3 is 2.06 bits per heavy atom. The van der Waals surface area contributed by atoms with E-state index in [-0.39, 0.29) is 30.6 Å². The van der Waals surface area contributed by atoms with E-state index in [1.165, 1.54) is 4.90 Å². The summed E-state index contributed by atoms with van der Waals surface area (Å²) in [6.07, 6.45) is 0.821. The van der Waals surface area contributed by atoms with E-state index in [0.717, 1.165) is 6.42 Å². The molecule has 0 atom stereocenters. The summed E-state index contributed by atoms with van der Waals surface area (Å²) in [5.74, 6) is -0.213. The molecule has 0 saturated carbocycles. The van der Waals surface area contributed by atoms with Gasteiger partial charge in [0.05, 0.1) is 12.1 Å². The van der Waals surface area contributed by atoms with Crippen molar-refractivity contribution in [3.05, 3.63) is 0 Å². The Morgan fingerprint density at radius 1 is 1.11 bits per heavy atom. The van der Waals surface area contributed by atoms with E-state index in [1.54, 1.807) is 19.0 Å². The van der Waals surface area contributed by atoms with Gasteiger partial charge in [-0.1, -0.05) is 6.92 Å². The van der Waals surface area contributed by atoms with Gasteiger partial charge in [0.25, 0.3) is 0 Å². The minimum atomic E-state index is -0.348. The maximum absolute atomic E-state index is 12.0. The van der Waals surface area contributed by atoms with Crippen molar-refractivity contribution in [3.8, 4) is 0 Å². The van der Waals surface area contributed by atoms with E-state index in [1.807, 2.05) is 27.7 Å². The van der Waals surface area contributed by atoms with E-state index in [2.05, 4.69) is 0 Å². The Kier molecular flexibility index (Phi) is 6.91. The molecular formula is C13H26N2O3. The van der Waals surface area contributed by atoms with Crippen molar-refractivity contribution >= 4 is 11.8 Å². The zero-order valence-electron chi connectivity index (χ0n) is 12.4. The molecule has 0 fully saturated rings. The van der Waals surface area contributed by atoms with Gasteiger partial charge < -0.3 is 14.5 Å². The van der Waals surface area contributed by atoms with Gasteiger partial charge in [-0.25, -0.2) is 0 Å². The number of hydrogen-bond donors (Lipinski definition) is 0. The molecule has 0 N–H and O–H groups in total. The summed E-state index contributed by atoms with van der Waals surface area (Å²) in [7, 11) is 3.37. The van der Waals surface area contributed by atoms with Gasteiger partial charge in [0.2, 0.25) is 11.8 Å². The van der Waals surface area contributed by atoms with E-state index < -0.39 is 0 Å². The number of rotatable bonds is 6. The lowest BCUT2D eigenvalue weighted by molar-refractivity contribution is -0.145. The van der Waals surface area contributed by atoms with Crippen LogP contribution < -0.4 is 0 Å². The third-order valence-electron chi connectivity index (χ3n) is 2.30. The Balaban J connectivity index is 4.40. The smallest absolute Gasteiger partial charge is 0.249 e. The molecule has 18 heavy (non-hydrogen) atoms. The van der Waals surface area contributed by atoms with Gasteiger partial charge in [-0.05, 0) is 27.2 Å². The third-order valence-corrected chi connectivity index (χ3v) is 2.30. The highest BCUT2D eigenvalue weighted by Crippen LogP contribution is 2.07. The van der Waals surface area contributed by atoms with Crippen LogP contribution in [0.2, 0.25) is 0 Å². The second kappa shape index (κ2) is 7.36. The van der Waals surface area contributed by atoms with Gasteiger partial charge in [-0.15, -0.1) is 0 Å². The highest BCUT2D eigenvalue weighted by Gasteiger charge is 2.20. The van der Waals surface area contributed by atoms with Crippen LogP contribution in [0.25, 0.3) is 0 Å². The minimum Gasteiger partial charge on any atom is -0.366 e. The summed E-state index contributed by atoms with van der Waals surface area (Å²) in [6.45, 7) is 8.38. The summed E-state index contributed by atoms with van der Waals surface area (Å²) < 4.78 is 5.44. The molecule has 0 unspecified atom stereocenters. The maximum atomic E-state index is 12.0. The molecule has 0 aliphatic heterocycles. The normalized spacial score (nSPS) is 11.2. The van der Waals surface area contributed by atoms with Gasteiger partial charge in [-0.2, -0.15) is 0 Å². The molecule has 0 heterocycles. The van der Waals surface area contributed by atoms with Crippen LogP contribution in [-0.4, -0.2) is 61.0 Å². The highest BCUT2D eigenvalue weighted by atomic mass is 16.5. The Hall–Kier alpha value is -1.10. The zero-order valence-corrected chi connectivity index (χ0v) is 12.4. The molecule has 0 spiro atoms. The second-order valence-corrected chi connectivity index (χ2v) is 5.50. The van der Waals surface area contributed by atoms with Crippen LogP contribution in [0.15, 0.2) is 0 Å². The average Bonchev–Trinajstić information content (AvgIpc) is 2.23. The number of amides is 2. The van der Waals surface area contributed by atoms with Gasteiger partial charge >= 0.3 is 0 Å². The topological polar surface area (TPSA) is 49.9 Å². The van der Waals surface area contributed by atoms with Crippen LogP contribution in [-0.2, 0) is 14.3 Å². The van der Waals surface area contributed by atoms with Crippen LogP contribution in [0.3, 0.4) is 0 Å². The van der Waals surface area contributed by atoms with Gasteiger partial charge in [0.1, 0.15) is 6.61 Å². The van der Waals surface area contributed by atoms with Gasteiger partial charge in [-0.3, -0.25) is 9.59 Å². The Bertz CT molecular complexity index is 282. The fourth-order valence-electron chi connectivity index (χ4n) is 1.24. The number of ether oxygens (including phenoxy) is 1. The van der Waals surface area contributed by atoms with E-state index in [9.17, 15) is 9.59 Å². The fourth-order valence-corrected chi connectivity index (χ4v) is 1.24. The maximum Gasteiger partial charge on any atom is 0.249 e. The zero-order chi connectivity index (χ0) is 14.3. The van der Waals surface area contributed by atoms with Crippen LogP contribution in [0.4, 0.5) is 0 Å². The monoisotopic (exact) mass is 258 g/mol. The SMILES string of the molecule is CCCN(CC(=O)N(C)C)C(=O)COC(C)(C)C. The summed E-state index contributed by atoms with van der Waals surface area (Å²) >= 11 is 0. The summed E-state index contributed by atoms with van der Waals surface area (Å²) in [6, 6.07) is 0. The van der Waals surface area contributed by atoms with Crippen molar-refractivity contribution in [2.24, 2.45) is 0 Å². The van der Waals surface area contributed by atoms with Crippen LogP contribution in [0.5, 0.6) is 0 Å². The predicted octanol–water partition coefficient (Wildman–Crippen LogP) is 1.13. The van der Waals surface area contributed by atoms with Crippen LogP contribution in [0.1, 0.15) is 34.1 Å². The second-order valence-electron chi connectivity index (χ2n) is 5.50. The van der Waals surface area contributed by atoms with Gasteiger partial charge in [0, 0.05) is 20.6 Å². The average molecular weight is 258 g/mol. The summed E-state index contributed by atoms with van der Waals surface area (Å²) in [5, 5.41) is 0. The molecule has 0 aromatic carbocycles. The molecule has 0 aliphatic rings. The molecule has 0 radical (unpaired) electrons. The van der Waals surface area contributed by atoms with E-state index in [0.29, 0.717) is 6.54 Å². The van der Waals surface area contributed by atoms with Gasteiger partial charge in [0.15, 0.2) is 0 Å². The largest absolute Gasteiger partial charge is 0.366 e. The van der Waals surface area contributed by atoms with Crippen LogP contribution in [0, 0.1) is 0 Å². The van der Waals surface area contributed by atoms with E-state index in [4.69, 9.17) is 4.74 Å². The molecule has 2 amide bonds.